The second-order valence-corrected chi connectivity index (χ2v) is 9.03. The van der Waals surface area contributed by atoms with Crippen LogP contribution < -0.4 is 15.5 Å². The van der Waals surface area contributed by atoms with E-state index in [0.717, 1.165) is 62.8 Å². The maximum Gasteiger partial charge on any atom is 0.222 e. The summed E-state index contributed by atoms with van der Waals surface area (Å²) in [5.74, 6) is 2.20. The van der Waals surface area contributed by atoms with Crippen molar-refractivity contribution in [3.05, 3.63) is 59.3 Å². The first-order valence-corrected chi connectivity index (χ1v) is 12.2. The topological polar surface area (TPSA) is 72.9 Å². The number of nitrogens with one attached hydrogen (secondary N) is 2. The van der Waals surface area contributed by atoms with Crippen molar-refractivity contribution in [2.75, 3.05) is 31.1 Å². The predicted octanol–water partition coefficient (Wildman–Crippen LogP) is 3.24. The Labute approximate surface area is 197 Å². The van der Waals surface area contributed by atoms with Gasteiger partial charge in [-0.2, -0.15) is 0 Å². The molecule has 0 radical (unpaired) electrons. The molecule has 2 fully saturated rings. The van der Waals surface area contributed by atoms with Crippen LogP contribution in [0.2, 0.25) is 0 Å². The number of likely N-dealkylation sites (tertiary alicyclic amines) is 1. The number of piperidine rings is 1. The molecule has 0 aliphatic carbocycles. The Bertz CT molecular complexity index is 950. The van der Waals surface area contributed by atoms with Crippen LogP contribution in [0.3, 0.4) is 0 Å². The minimum Gasteiger partial charge on any atom is -0.357 e. The highest BCUT2D eigenvalue weighted by Gasteiger charge is 2.21. The van der Waals surface area contributed by atoms with Crippen LogP contribution in [-0.2, 0) is 17.9 Å². The number of pyridine rings is 1. The van der Waals surface area contributed by atoms with Crippen molar-refractivity contribution in [3.63, 3.8) is 0 Å². The molecule has 1 aromatic heterocycles. The number of aromatic nitrogens is 1. The van der Waals surface area contributed by atoms with Gasteiger partial charge in [0.15, 0.2) is 5.96 Å². The molecule has 0 spiro atoms. The molecule has 7 heteroatoms. The zero-order chi connectivity index (χ0) is 23.0. The summed E-state index contributed by atoms with van der Waals surface area (Å²) in [5, 5.41) is 7.01. The molecular weight excluding hydrogens is 412 g/mol. The summed E-state index contributed by atoms with van der Waals surface area (Å²) in [5.41, 5.74) is 3.53. The fourth-order valence-corrected chi connectivity index (χ4v) is 4.50. The second kappa shape index (κ2) is 11.2. The Morgan fingerprint density at radius 1 is 1.15 bits per heavy atom. The highest BCUT2D eigenvalue weighted by Crippen LogP contribution is 2.18. The molecule has 176 valence electrons. The molecule has 1 amide bonds. The summed E-state index contributed by atoms with van der Waals surface area (Å²) in [4.78, 5) is 25.7. The summed E-state index contributed by atoms with van der Waals surface area (Å²) < 4.78 is 0. The molecular formula is C26H36N6O. The highest BCUT2D eigenvalue weighted by molar-refractivity contribution is 5.80. The Balaban J connectivity index is 1.31. The minimum absolute atomic E-state index is 0.265. The van der Waals surface area contributed by atoms with Crippen LogP contribution >= 0.6 is 0 Å². The minimum atomic E-state index is 0.265. The molecule has 2 aliphatic heterocycles. The standard InChI is InChI=1S/C26H36N6O/c1-3-27-26(30-23-11-14-31(15-12-23)24-10-9-20(2)17-28-24)29-18-21-6-4-7-22(16-21)19-32-13-5-8-25(32)33/h4,6-7,9-10,16-17,23H,3,5,8,11-15,18-19H2,1-2H3,(H2,27,29,30). The van der Waals surface area contributed by atoms with E-state index in [1.54, 1.807) is 0 Å². The first kappa shape index (κ1) is 23.1. The smallest absolute Gasteiger partial charge is 0.222 e. The number of rotatable bonds is 7. The normalized spacial score (nSPS) is 17.5. The molecule has 0 saturated carbocycles. The van der Waals surface area contributed by atoms with Crippen molar-refractivity contribution in [1.82, 2.24) is 20.5 Å². The van der Waals surface area contributed by atoms with Crippen LogP contribution in [0.25, 0.3) is 0 Å². The fraction of sp³-hybridized carbons (Fsp3) is 0.500. The molecule has 2 saturated heterocycles. The summed E-state index contributed by atoms with van der Waals surface area (Å²) in [6.07, 6.45) is 5.70. The van der Waals surface area contributed by atoms with Gasteiger partial charge in [-0.25, -0.2) is 9.98 Å². The van der Waals surface area contributed by atoms with Crippen LogP contribution in [0.4, 0.5) is 5.82 Å². The molecule has 2 N–H and O–H groups in total. The SMILES string of the molecule is CCNC(=NCc1cccc(CN2CCCC2=O)c1)NC1CCN(c2ccc(C)cn2)CC1. The average Bonchev–Trinajstić information content (AvgIpc) is 3.23. The van der Waals surface area contributed by atoms with Crippen LogP contribution in [0.15, 0.2) is 47.6 Å². The van der Waals surface area contributed by atoms with E-state index in [4.69, 9.17) is 4.99 Å². The number of benzene rings is 1. The third-order valence-electron chi connectivity index (χ3n) is 6.36. The van der Waals surface area contributed by atoms with Crippen molar-refractivity contribution in [3.8, 4) is 0 Å². The van der Waals surface area contributed by atoms with E-state index in [-0.39, 0.29) is 5.91 Å². The van der Waals surface area contributed by atoms with Gasteiger partial charge in [0.1, 0.15) is 5.82 Å². The van der Waals surface area contributed by atoms with Crippen LogP contribution in [0, 0.1) is 6.92 Å². The van der Waals surface area contributed by atoms with Gasteiger partial charge in [-0.3, -0.25) is 4.79 Å². The molecule has 4 rings (SSSR count). The molecule has 3 heterocycles. The predicted molar refractivity (Wildman–Crippen MR) is 133 cm³/mol. The zero-order valence-corrected chi connectivity index (χ0v) is 19.9. The van der Waals surface area contributed by atoms with Crippen molar-refractivity contribution < 1.29 is 4.79 Å². The summed E-state index contributed by atoms with van der Waals surface area (Å²) in [6.45, 7) is 9.15. The lowest BCUT2D eigenvalue weighted by atomic mass is 10.1. The summed E-state index contributed by atoms with van der Waals surface area (Å²) >= 11 is 0. The molecule has 2 aliphatic rings. The summed E-state index contributed by atoms with van der Waals surface area (Å²) in [7, 11) is 0. The lowest BCUT2D eigenvalue weighted by Crippen LogP contribution is -2.48. The number of aryl methyl sites for hydroxylation is 1. The Hall–Kier alpha value is -3.09. The van der Waals surface area contributed by atoms with Crippen molar-refractivity contribution in [2.45, 2.75) is 58.7 Å². The number of guanidine groups is 1. The number of hydrogen-bond acceptors (Lipinski definition) is 4. The largest absolute Gasteiger partial charge is 0.357 e. The van der Waals surface area contributed by atoms with Gasteiger partial charge in [-0.05, 0) is 55.9 Å². The van der Waals surface area contributed by atoms with E-state index in [2.05, 4.69) is 70.8 Å². The highest BCUT2D eigenvalue weighted by atomic mass is 16.2. The Kier molecular flexibility index (Phi) is 7.81. The van der Waals surface area contributed by atoms with Gasteiger partial charge in [0.25, 0.3) is 0 Å². The number of carbonyl (C=O) groups excluding carboxylic acids is 1. The monoisotopic (exact) mass is 448 g/mol. The van der Waals surface area contributed by atoms with E-state index in [1.807, 2.05) is 11.1 Å². The fourth-order valence-electron chi connectivity index (χ4n) is 4.50. The van der Waals surface area contributed by atoms with Gasteiger partial charge in [-0.15, -0.1) is 0 Å². The molecule has 2 aromatic rings. The van der Waals surface area contributed by atoms with Crippen LogP contribution in [0.1, 0.15) is 49.3 Å². The molecule has 1 aromatic carbocycles. The van der Waals surface area contributed by atoms with Gasteiger partial charge in [0.05, 0.1) is 6.54 Å². The van der Waals surface area contributed by atoms with E-state index in [9.17, 15) is 4.79 Å². The van der Waals surface area contributed by atoms with E-state index >= 15 is 0 Å². The van der Waals surface area contributed by atoms with Crippen LogP contribution in [0.5, 0.6) is 0 Å². The van der Waals surface area contributed by atoms with E-state index in [1.165, 1.54) is 11.1 Å². The first-order chi connectivity index (χ1) is 16.1. The molecule has 0 atom stereocenters. The number of carbonyl (C=O) groups is 1. The number of amides is 1. The lowest BCUT2D eigenvalue weighted by Gasteiger charge is -2.33. The van der Waals surface area contributed by atoms with Gasteiger partial charge in [0.2, 0.25) is 5.91 Å². The quantitative estimate of drug-likeness (QED) is 0.503. The molecule has 7 nitrogen and oxygen atoms in total. The molecule has 0 unspecified atom stereocenters. The van der Waals surface area contributed by atoms with Gasteiger partial charge >= 0.3 is 0 Å². The number of hydrogen-bond donors (Lipinski definition) is 2. The lowest BCUT2D eigenvalue weighted by molar-refractivity contribution is -0.128. The average molecular weight is 449 g/mol. The third kappa shape index (κ3) is 6.46. The first-order valence-electron chi connectivity index (χ1n) is 12.2. The number of nitrogens with zero attached hydrogens (tertiary/aromatic N) is 4. The number of aliphatic imine (C=N–C) groups is 1. The van der Waals surface area contributed by atoms with Crippen molar-refractivity contribution in [2.24, 2.45) is 4.99 Å². The van der Waals surface area contributed by atoms with E-state index < -0.39 is 0 Å². The summed E-state index contributed by atoms with van der Waals surface area (Å²) in [6, 6.07) is 13.1. The second-order valence-electron chi connectivity index (χ2n) is 9.03. The van der Waals surface area contributed by atoms with Crippen LogP contribution in [-0.4, -0.2) is 54.0 Å². The number of anilines is 1. The maximum atomic E-state index is 11.9. The molecule has 0 bridgehead atoms. The third-order valence-corrected chi connectivity index (χ3v) is 6.36. The van der Waals surface area contributed by atoms with Gasteiger partial charge in [-0.1, -0.05) is 30.3 Å². The molecule has 33 heavy (non-hydrogen) atoms. The maximum absolute atomic E-state index is 11.9. The van der Waals surface area contributed by atoms with Gasteiger partial charge in [0, 0.05) is 51.4 Å². The Morgan fingerprint density at radius 2 is 1.97 bits per heavy atom. The van der Waals surface area contributed by atoms with E-state index in [0.29, 0.717) is 25.6 Å². The van der Waals surface area contributed by atoms with Crippen molar-refractivity contribution in [1.29, 1.82) is 0 Å². The van der Waals surface area contributed by atoms with Gasteiger partial charge < -0.3 is 20.4 Å². The zero-order valence-electron chi connectivity index (χ0n) is 19.9. The Morgan fingerprint density at radius 3 is 2.67 bits per heavy atom. The van der Waals surface area contributed by atoms with Crippen molar-refractivity contribution >= 4 is 17.7 Å².